The van der Waals surface area contributed by atoms with Crippen molar-refractivity contribution in [3.05, 3.63) is 42.5 Å². The molecule has 2 N–H and O–H groups in total. The van der Waals surface area contributed by atoms with Crippen molar-refractivity contribution < 1.29 is 14.3 Å². The van der Waals surface area contributed by atoms with Crippen LogP contribution in [0.25, 0.3) is 0 Å². The fourth-order valence-electron chi connectivity index (χ4n) is 3.57. The summed E-state index contributed by atoms with van der Waals surface area (Å²) >= 11 is 0. The van der Waals surface area contributed by atoms with Gasteiger partial charge in [0.05, 0.1) is 0 Å². The summed E-state index contributed by atoms with van der Waals surface area (Å²) in [7, 11) is 0. The molecule has 6 heteroatoms. The van der Waals surface area contributed by atoms with E-state index in [2.05, 4.69) is 34.6 Å². The highest BCUT2D eigenvalue weighted by Crippen LogP contribution is 2.34. The highest BCUT2D eigenvalue weighted by molar-refractivity contribution is 5.91. The standard InChI is InChI=1S/C22H27N3O3/c1-16-9-12-25(13-10-16)19-5-2-17(3-6-19)24-22(26)8-11-23-18-4-7-20-21(14-18)28-15-27-20/h2-7,14,16,23H,8-13,15H2,1H3,(H,24,26). The number of nitrogens with one attached hydrogen (secondary N) is 2. The van der Waals surface area contributed by atoms with Crippen LogP contribution in [-0.4, -0.2) is 32.3 Å². The number of carbonyl (C=O) groups is 1. The molecule has 6 nitrogen and oxygen atoms in total. The molecule has 0 radical (unpaired) electrons. The molecule has 0 bridgehead atoms. The molecule has 148 valence electrons. The van der Waals surface area contributed by atoms with Gasteiger partial charge in [0.15, 0.2) is 11.5 Å². The zero-order valence-corrected chi connectivity index (χ0v) is 16.2. The number of amides is 1. The largest absolute Gasteiger partial charge is 0.454 e. The second-order valence-corrected chi connectivity index (χ2v) is 7.51. The maximum absolute atomic E-state index is 12.2. The van der Waals surface area contributed by atoms with Crippen LogP contribution in [0.15, 0.2) is 42.5 Å². The van der Waals surface area contributed by atoms with Gasteiger partial charge in [-0.3, -0.25) is 4.79 Å². The highest BCUT2D eigenvalue weighted by atomic mass is 16.7. The predicted octanol–water partition coefficient (Wildman–Crippen LogP) is 4.09. The van der Waals surface area contributed by atoms with Gasteiger partial charge in [-0.25, -0.2) is 0 Å². The number of carbonyl (C=O) groups excluding carboxylic acids is 1. The van der Waals surface area contributed by atoms with Crippen LogP contribution < -0.4 is 25.0 Å². The lowest BCUT2D eigenvalue weighted by molar-refractivity contribution is -0.115. The first kappa shape index (κ1) is 18.5. The van der Waals surface area contributed by atoms with E-state index in [1.54, 1.807) is 0 Å². The average molecular weight is 381 g/mol. The third-order valence-electron chi connectivity index (χ3n) is 5.35. The summed E-state index contributed by atoms with van der Waals surface area (Å²) < 4.78 is 10.7. The van der Waals surface area contributed by atoms with Crippen molar-refractivity contribution in [2.75, 3.05) is 42.0 Å². The van der Waals surface area contributed by atoms with E-state index in [1.165, 1.54) is 18.5 Å². The summed E-state index contributed by atoms with van der Waals surface area (Å²) in [6.45, 7) is 5.35. The van der Waals surface area contributed by atoms with Crippen LogP contribution in [0.3, 0.4) is 0 Å². The van der Waals surface area contributed by atoms with E-state index in [9.17, 15) is 4.79 Å². The van der Waals surface area contributed by atoms with Gasteiger partial charge in [-0.05, 0) is 55.2 Å². The number of benzene rings is 2. The summed E-state index contributed by atoms with van der Waals surface area (Å²) in [5.41, 5.74) is 2.98. The van der Waals surface area contributed by atoms with Gasteiger partial charge in [0, 0.05) is 49.2 Å². The molecule has 2 aliphatic heterocycles. The van der Waals surface area contributed by atoms with Gasteiger partial charge in [-0.15, -0.1) is 0 Å². The second kappa shape index (κ2) is 8.42. The van der Waals surface area contributed by atoms with Crippen molar-refractivity contribution in [2.45, 2.75) is 26.2 Å². The molecule has 1 saturated heterocycles. The van der Waals surface area contributed by atoms with Crippen LogP contribution in [0.2, 0.25) is 0 Å². The van der Waals surface area contributed by atoms with Crippen molar-refractivity contribution >= 4 is 23.0 Å². The molecule has 4 rings (SSSR count). The number of nitrogens with zero attached hydrogens (tertiary/aromatic N) is 1. The number of piperidine rings is 1. The minimum absolute atomic E-state index is 0.00668. The first-order valence-corrected chi connectivity index (χ1v) is 9.96. The number of hydrogen-bond donors (Lipinski definition) is 2. The van der Waals surface area contributed by atoms with E-state index >= 15 is 0 Å². The fraction of sp³-hybridized carbons (Fsp3) is 0.409. The van der Waals surface area contributed by atoms with Gasteiger partial charge >= 0.3 is 0 Å². The maximum Gasteiger partial charge on any atom is 0.231 e. The quantitative estimate of drug-likeness (QED) is 0.789. The predicted molar refractivity (Wildman–Crippen MR) is 111 cm³/mol. The van der Waals surface area contributed by atoms with E-state index in [1.807, 2.05) is 30.3 Å². The molecule has 0 aliphatic carbocycles. The van der Waals surface area contributed by atoms with Crippen LogP contribution >= 0.6 is 0 Å². The van der Waals surface area contributed by atoms with Gasteiger partial charge < -0.3 is 25.0 Å². The second-order valence-electron chi connectivity index (χ2n) is 7.51. The molecule has 2 heterocycles. The number of ether oxygens (including phenoxy) is 2. The Hall–Kier alpha value is -2.89. The first-order chi connectivity index (χ1) is 13.7. The van der Waals surface area contributed by atoms with E-state index in [-0.39, 0.29) is 12.7 Å². The lowest BCUT2D eigenvalue weighted by Crippen LogP contribution is -2.32. The minimum atomic E-state index is -0.00668. The normalized spacial score (nSPS) is 16.1. The smallest absolute Gasteiger partial charge is 0.231 e. The summed E-state index contributed by atoms with van der Waals surface area (Å²) in [4.78, 5) is 14.6. The lowest BCUT2D eigenvalue weighted by Gasteiger charge is -2.32. The van der Waals surface area contributed by atoms with E-state index in [0.717, 1.165) is 41.9 Å². The van der Waals surface area contributed by atoms with Gasteiger partial charge in [0.25, 0.3) is 0 Å². The Kier molecular flexibility index (Phi) is 5.55. The summed E-state index contributed by atoms with van der Waals surface area (Å²) in [6.07, 6.45) is 2.88. The molecule has 1 amide bonds. The van der Waals surface area contributed by atoms with Crippen molar-refractivity contribution in [1.29, 1.82) is 0 Å². The molecule has 0 aromatic heterocycles. The van der Waals surface area contributed by atoms with Gasteiger partial charge in [-0.2, -0.15) is 0 Å². The Morgan fingerprint density at radius 1 is 1.04 bits per heavy atom. The van der Waals surface area contributed by atoms with Crippen LogP contribution in [0.4, 0.5) is 17.1 Å². The molecule has 0 atom stereocenters. The van der Waals surface area contributed by atoms with Crippen molar-refractivity contribution in [3.8, 4) is 11.5 Å². The molecule has 1 fully saturated rings. The molecular formula is C22H27N3O3. The molecule has 2 aromatic carbocycles. The number of fused-ring (bicyclic) bond motifs is 1. The molecule has 2 aliphatic rings. The summed E-state index contributed by atoms with van der Waals surface area (Å²) in [5.74, 6) is 2.30. The Labute approximate surface area is 165 Å². The topological polar surface area (TPSA) is 62.8 Å². The average Bonchev–Trinajstić information content (AvgIpc) is 3.17. The lowest BCUT2D eigenvalue weighted by atomic mass is 9.99. The maximum atomic E-state index is 12.2. The molecular weight excluding hydrogens is 354 g/mol. The number of anilines is 3. The molecule has 0 saturated carbocycles. The van der Waals surface area contributed by atoms with Gasteiger partial charge in [0.2, 0.25) is 12.7 Å². The van der Waals surface area contributed by atoms with Crippen molar-refractivity contribution in [1.82, 2.24) is 0 Å². The third kappa shape index (κ3) is 4.50. The van der Waals surface area contributed by atoms with Crippen LogP contribution in [0.1, 0.15) is 26.2 Å². The summed E-state index contributed by atoms with van der Waals surface area (Å²) in [5, 5.41) is 6.21. The Morgan fingerprint density at radius 2 is 1.75 bits per heavy atom. The number of rotatable bonds is 6. The fourth-order valence-corrected chi connectivity index (χ4v) is 3.57. The van der Waals surface area contributed by atoms with E-state index < -0.39 is 0 Å². The minimum Gasteiger partial charge on any atom is -0.454 e. The van der Waals surface area contributed by atoms with Crippen molar-refractivity contribution in [2.24, 2.45) is 5.92 Å². The Bertz CT molecular complexity index is 814. The third-order valence-corrected chi connectivity index (χ3v) is 5.35. The molecule has 0 unspecified atom stereocenters. The SMILES string of the molecule is CC1CCN(c2ccc(NC(=O)CCNc3ccc4c(c3)OCO4)cc2)CC1. The van der Waals surface area contributed by atoms with Gasteiger partial charge in [-0.1, -0.05) is 6.92 Å². The number of hydrogen-bond acceptors (Lipinski definition) is 5. The van der Waals surface area contributed by atoms with Crippen LogP contribution in [0, 0.1) is 5.92 Å². The van der Waals surface area contributed by atoms with E-state index in [4.69, 9.17) is 9.47 Å². The van der Waals surface area contributed by atoms with Crippen molar-refractivity contribution in [3.63, 3.8) is 0 Å². The van der Waals surface area contributed by atoms with Gasteiger partial charge in [0.1, 0.15) is 0 Å². The Balaban J connectivity index is 1.22. The van der Waals surface area contributed by atoms with Crippen LogP contribution in [0.5, 0.6) is 11.5 Å². The van der Waals surface area contributed by atoms with Crippen LogP contribution in [-0.2, 0) is 4.79 Å². The highest BCUT2D eigenvalue weighted by Gasteiger charge is 2.16. The first-order valence-electron chi connectivity index (χ1n) is 9.96. The zero-order valence-electron chi connectivity index (χ0n) is 16.2. The summed E-state index contributed by atoms with van der Waals surface area (Å²) in [6, 6.07) is 13.8. The molecule has 2 aromatic rings. The van der Waals surface area contributed by atoms with E-state index in [0.29, 0.717) is 13.0 Å². The molecule has 0 spiro atoms. The molecule has 28 heavy (non-hydrogen) atoms. The Morgan fingerprint density at radius 3 is 2.54 bits per heavy atom. The monoisotopic (exact) mass is 381 g/mol. The zero-order chi connectivity index (χ0) is 19.3.